The van der Waals surface area contributed by atoms with E-state index < -0.39 is 18.0 Å². The van der Waals surface area contributed by atoms with Gasteiger partial charge in [-0.25, -0.2) is 4.79 Å². The predicted octanol–water partition coefficient (Wildman–Crippen LogP) is 1.32. The lowest BCUT2D eigenvalue weighted by molar-refractivity contribution is -0.133. The van der Waals surface area contributed by atoms with Crippen LogP contribution in [0, 0.1) is 0 Å². The molecule has 3 N–H and O–H groups in total. The molecule has 0 bridgehead atoms. The molecule has 1 heterocycles. The van der Waals surface area contributed by atoms with E-state index in [0.717, 1.165) is 5.56 Å². The third kappa shape index (κ3) is 3.68. The normalized spacial score (nSPS) is 13.7. The fraction of sp³-hybridized carbons (Fsp3) is 0.333. The van der Waals surface area contributed by atoms with Crippen molar-refractivity contribution in [3.8, 4) is 0 Å². The molecule has 98 valence electrons. The summed E-state index contributed by atoms with van der Waals surface area (Å²) >= 11 is 1.46. The first-order valence-corrected chi connectivity index (χ1v) is 6.27. The van der Waals surface area contributed by atoms with Gasteiger partial charge in [0.15, 0.2) is 0 Å². The van der Waals surface area contributed by atoms with E-state index in [-0.39, 0.29) is 17.7 Å². The fourth-order valence-corrected chi connectivity index (χ4v) is 1.94. The summed E-state index contributed by atoms with van der Waals surface area (Å²) in [5.74, 6) is -1.61. The Balaban J connectivity index is 2.57. The number of aliphatic hydroxyl groups is 1. The highest BCUT2D eigenvalue weighted by Gasteiger charge is 2.14. The number of thiophene rings is 1. The summed E-state index contributed by atoms with van der Waals surface area (Å²) in [4.78, 5) is 22.3. The fourth-order valence-electron chi connectivity index (χ4n) is 1.24. The highest BCUT2D eigenvalue weighted by molar-refractivity contribution is 7.07. The van der Waals surface area contributed by atoms with Gasteiger partial charge in [0, 0.05) is 17.7 Å². The van der Waals surface area contributed by atoms with Gasteiger partial charge in [0.25, 0.3) is 0 Å². The molecule has 1 aromatic heterocycles. The van der Waals surface area contributed by atoms with E-state index in [9.17, 15) is 14.7 Å². The van der Waals surface area contributed by atoms with Gasteiger partial charge in [0.2, 0.25) is 5.91 Å². The van der Waals surface area contributed by atoms with Crippen molar-refractivity contribution in [1.82, 2.24) is 5.32 Å². The molecule has 1 atom stereocenters. The number of aliphatic hydroxyl groups excluding tert-OH is 1. The molecule has 0 saturated carbocycles. The van der Waals surface area contributed by atoms with Gasteiger partial charge in [-0.15, -0.1) is 0 Å². The lowest BCUT2D eigenvalue weighted by Crippen LogP contribution is -2.29. The van der Waals surface area contributed by atoms with Crippen molar-refractivity contribution in [2.45, 2.75) is 20.0 Å². The van der Waals surface area contributed by atoms with Crippen LogP contribution in [0.15, 0.2) is 28.0 Å². The van der Waals surface area contributed by atoms with Crippen LogP contribution in [0.5, 0.6) is 0 Å². The van der Waals surface area contributed by atoms with E-state index in [1.165, 1.54) is 25.2 Å². The van der Waals surface area contributed by atoms with E-state index in [0.29, 0.717) is 0 Å². The SMILES string of the molecule is C/C(C(=O)O)=C(/C)C(=O)NCC(O)c1ccsc1. The van der Waals surface area contributed by atoms with Gasteiger partial charge >= 0.3 is 5.97 Å². The molecule has 0 fully saturated rings. The summed E-state index contributed by atoms with van der Waals surface area (Å²) in [5.41, 5.74) is 0.870. The van der Waals surface area contributed by atoms with Gasteiger partial charge in [-0.05, 0) is 36.2 Å². The van der Waals surface area contributed by atoms with Crippen LogP contribution < -0.4 is 5.32 Å². The maximum Gasteiger partial charge on any atom is 0.331 e. The first-order valence-electron chi connectivity index (χ1n) is 5.32. The van der Waals surface area contributed by atoms with E-state index in [1.54, 1.807) is 11.4 Å². The number of carbonyl (C=O) groups is 2. The Morgan fingerprint density at radius 1 is 1.39 bits per heavy atom. The predicted molar refractivity (Wildman–Crippen MR) is 68.3 cm³/mol. The minimum Gasteiger partial charge on any atom is -0.478 e. The molecule has 1 aromatic rings. The monoisotopic (exact) mass is 269 g/mol. The summed E-state index contributed by atoms with van der Waals surface area (Å²) in [6.07, 6.45) is -0.780. The topological polar surface area (TPSA) is 86.6 Å². The van der Waals surface area contributed by atoms with Gasteiger partial charge in [0.1, 0.15) is 0 Å². The number of carboxylic acid groups (broad SMARTS) is 1. The lowest BCUT2D eigenvalue weighted by atomic mass is 10.1. The average Bonchev–Trinajstić information content (AvgIpc) is 2.87. The lowest BCUT2D eigenvalue weighted by Gasteiger charge is -2.11. The molecule has 0 aromatic carbocycles. The van der Waals surface area contributed by atoms with Crippen LogP contribution in [0.4, 0.5) is 0 Å². The van der Waals surface area contributed by atoms with E-state index >= 15 is 0 Å². The van der Waals surface area contributed by atoms with Crippen LogP contribution in [-0.2, 0) is 9.59 Å². The molecule has 18 heavy (non-hydrogen) atoms. The molecule has 0 aliphatic carbocycles. The summed E-state index contributed by atoms with van der Waals surface area (Å²) in [7, 11) is 0. The zero-order valence-corrected chi connectivity index (χ0v) is 11.0. The van der Waals surface area contributed by atoms with Crippen LogP contribution in [0.1, 0.15) is 25.5 Å². The van der Waals surface area contributed by atoms with E-state index in [1.807, 2.05) is 5.38 Å². The number of carboxylic acids is 1. The molecule has 0 aliphatic heterocycles. The van der Waals surface area contributed by atoms with Crippen LogP contribution >= 0.6 is 11.3 Å². The van der Waals surface area contributed by atoms with Crippen LogP contribution in [-0.4, -0.2) is 28.6 Å². The standard InChI is InChI=1S/C12H15NO4S/c1-7(8(2)12(16)17)11(15)13-5-10(14)9-3-4-18-6-9/h3-4,6,10,14H,5H2,1-2H3,(H,13,15)(H,16,17)/b8-7+. The largest absolute Gasteiger partial charge is 0.478 e. The Bertz CT molecular complexity index is 464. The zero-order valence-electron chi connectivity index (χ0n) is 10.1. The second kappa shape index (κ2) is 6.32. The summed E-state index contributed by atoms with van der Waals surface area (Å²) in [5, 5.41) is 24.6. The van der Waals surface area contributed by atoms with Crippen molar-refractivity contribution in [3.63, 3.8) is 0 Å². The van der Waals surface area contributed by atoms with Gasteiger partial charge in [-0.1, -0.05) is 0 Å². The number of aliphatic carboxylic acids is 1. The second-order valence-electron chi connectivity index (χ2n) is 3.84. The Kier molecular flexibility index (Phi) is 5.06. The van der Waals surface area contributed by atoms with Crippen molar-refractivity contribution >= 4 is 23.2 Å². The quantitative estimate of drug-likeness (QED) is 0.704. The van der Waals surface area contributed by atoms with Crippen molar-refractivity contribution in [3.05, 3.63) is 33.5 Å². The van der Waals surface area contributed by atoms with Gasteiger partial charge < -0.3 is 15.5 Å². The minimum atomic E-state index is -1.12. The van der Waals surface area contributed by atoms with Gasteiger partial charge in [0.05, 0.1) is 6.10 Å². The Labute approximate surface area is 109 Å². The van der Waals surface area contributed by atoms with Crippen molar-refractivity contribution in [2.24, 2.45) is 0 Å². The second-order valence-corrected chi connectivity index (χ2v) is 4.62. The number of carbonyl (C=O) groups excluding carboxylic acids is 1. The molecule has 1 unspecified atom stereocenters. The first kappa shape index (κ1) is 14.4. The maximum absolute atomic E-state index is 11.6. The van der Waals surface area contributed by atoms with E-state index in [2.05, 4.69) is 5.32 Å². The number of amides is 1. The van der Waals surface area contributed by atoms with Crippen molar-refractivity contribution in [2.75, 3.05) is 6.54 Å². The maximum atomic E-state index is 11.6. The summed E-state index contributed by atoms with van der Waals surface area (Å²) < 4.78 is 0. The third-order valence-corrected chi connectivity index (χ3v) is 3.31. The van der Waals surface area contributed by atoms with Crippen LogP contribution in [0.3, 0.4) is 0 Å². The Morgan fingerprint density at radius 3 is 2.56 bits per heavy atom. The molecule has 0 aliphatic rings. The molecule has 0 radical (unpaired) electrons. The molecular formula is C12H15NO4S. The van der Waals surface area contributed by atoms with Crippen molar-refractivity contribution in [1.29, 1.82) is 0 Å². The molecule has 5 nitrogen and oxygen atoms in total. The Morgan fingerprint density at radius 2 is 2.06 bits per heavy atom. The number of nitrogens with one attached hydrogen (secondary N) is 1. The van der Waals surface area contributed by atoms with Gasteiger partial charge in [-0.3, -0.25) is 4.79 Å². The molecule has 0 saturated heterocycles. The smallest absolute Gasteiger partial charge is 0.331 e. The highest BCUT2D eigenvalue weighted by Crippen LogP contribution is 2.15. The van der Waals surface area contributed by atoms with Crippen molar-refractivity contribution < 1.29 is 19.8 Å². The van der Waals surface area contributed by atoms with Crippen LogP contribution in [0.2, 0.25) is 0 Å². The number of rotatable bonds is 5. The third-order valence-electron chi connectivity index (χ3n) is 2.61. The molecule has 0 spiro atoms. The molecular weight excluding hydrogens is 254 g/mol. The molecule has 1 amide bonds. The van der Waals surface area contributed by atoms with E-state index in [4.69, 9.17) is 5.11 Å². The summed E-state index contributed by atoms with van der Waals surface area (Å²) in [6.45, 7) is 2.86. The zero-order chi connectivity index (χ0) is 13.7. The molecule has 1 rings (SSSR count). The molecule has 6 heteroatoms. The van der Waals surface area contributed by atoms with Crippen LogP contribution in [0.25, 0.3) is 0 Å². The highest BCUT2D eigenvalue weighted by atomic mass is 32.1. The van der Waals surface area contributed by atoms with Gasteiger partial charge in [-0.2, -0.15) is 11.3 Å². The number of hydrogen-bond acceptors (Lipinski definition) is 4. The first-order chi connectivity index (χ1) is 8.43. The minimum absolute atomic E-state index is 0.00229. The average molecular weight is 269 g/mol. The Hall–Kier alpha value is -1.66. The number of hydrogen-bond donors (Lipinski definition) is 3. The summed E-state index contributed by atoms with van der Waals surface area (Å²) in [6, 6.07) is 1.77.